The van der Waals surface area contributed by atoms with Crippen LogP contribution in [-0.2, 0) is 13.0 Å². The monoisotopic (exact) mass is 260 g/mol. The number of imidazole rings is 1. The molecule has 0 atom stereocenters. The average Bonchev–Trinajstić information content (AvgIpc) is 2.84. The van der Waals surface area contributed by atoms with Crippen LogP contribution in [0.2, 0.25) is 0 Å². The molecule has 0 fully saturated rings. The lowest BCUT2D eigenvalue weighted by Crippen LogP contribution is -2.08. The van der Waals surface area contributed by atoms with Crippen LogP contribution in [0.3, 0.4) is 0 Å². The van der Waals surface area contributed by atoms with Gasteiger partial charge in [-0.1, -0.05) is 12.1 Å². The molecule has 0 amide bonds. The molecule has 1 heterocycles. The van der Waals surface area contributed by atoms with Crippen molar-refractivity contribution in [1.82, 2.24) is 9.55 Å². The van der Waals surface area contributed by atoms with Gasteiger partial charge in [-0.15, -0.1) is 0 Å². The molecule has 0 aliphatic heterocycles. The largest absolute Gasteiger partial charge is 0.335 e. The molecule has 0 aliphatic rings. The summed E-state index contributed by atoms with van der Waals surface area (Å²) in [6, 6.07) is 6.64. The van der Waals surface area contributed by atoms with Gasteiger partial charge in [-0.05, 0) is 18.5 Å². The van der Waals surface area contributed by atoms with Crippen LogP contribution in [0.15, 0.2) is 36.7 Å². The summed E-state index contributed by atoms with van der Waals surface area (Å²) in [5, 5.41) is 10.7. The molecule has 2 N–H and O–H groups in total. The number of nitrogens with two attached hydrogens (primary N) is 1. The first-order valence-electron chi connectivity index (χ1n) is 6.14. The zero-order valence-electron chi connectivity index (χ0n) is 10.5. The van der Waals surface area contributed by atoms with Gasteiger partial charge in [-0.2, -0.15) is 0 Å². The lowest BCUT2D eigenvalue weighted by atomic mass is 10.1. The minimum atomic E-state index is -0.385. The molecule has 0 saturated carbocycles. The van der Waals surface area contributed by atoms with Gasteiger partial charge in [0, 0.05) is 37.5 Å². The predicted octanol–water partition coefficient (Wildman–Crippen LogP) is 1.73. The van der Waals surface area contributed by atoms with E-state index in [2.05, 4.69) is 4.98 Å². The predicted molar refractivity (Wildman–Crippen MR) is 71.8 cm³/mol. The second-order valence-corrected chi connectivity index (χ2v) is 4.28. The smallest absolute Gasteiger partial charge is 0.269 e. The Balaban J connectivity index is 2.14. The summed E-state index contributed by atoms with van der Waals surface area (Å²) >= 11 is 0. The number of aromatic nitrogens is 2. The molecule has 6 heteroatoms. The molecule has 0 aliphatic carbocycles. The Morgan fingerprint density at radius 1 is 1.42 bits per heavy atom. The van der Waals surface area contributed by atoms with E-state index in [1.165, 1.54) is 6.07 Å². The van der Waals surface area contributed by atoms with E-state index in [0.29, 0.717) is 13.0 Å². The summed E-state index contributed by atoms with van der Waals surface area (Å²) in [6.45, 7) is 1.45. The molecular formula is C13H16N4O2. The van der Waals surface area contributed by atoms with E-state index in [1.807, 2.05) is 16.8 Å². The van der Waals surface area contributed by atoms with Gasteiger partial charge in [-0.25, -0.2) is 4.98 Å². The van der Waals surface area contributed by atoms with Gasteiger partial charge >= 0.3 is 0 Å². The maximum Gasteiger partial charge on any atom is 0.269 e. The Morgan fingerprint density at radius 3 is 3.00 bits per heavy atom. The number of nitro groups is 1. The summed E-state index contributed by atoms with van der Waals surface area (Å²) in [5.74, 6) is 0.897. The lowest BCUT2D eigenvalue weighted by molar-refractivity contribution is -0.384. The molecule has 0 unspecified atom stereocenters. The lowest BCUT2D eigenvalue weighted by Gasteiger charge is -2.07. The van der Waals surface area contributed by atoms with Crippen LogP contribution in [0.25, 0.3) is 0 Å². The Morgan fingerprint density at radius 2 is 2.26 bits per heavy atom. The Bertz CT molecular complexity index is 565. The second-order valence-electron chi connectivity index (χ2n) is 4.28. The molecular weight excluding hydrogens is 244 g/mol. The van der Waals surface area contributed by atoms with E-state index >= 15 is 0 Å². The first-order valence-corrected chi connectivity index (χ1v) is 6.14. The normalized spacial score (nSPS) is 10.6. The summed E-state index contributed by atoms with van der Waals surface area (Å²) in [7, 11) is 0. The number of nitrogens with zero attached hydrogens (tertiary/aromatic N) is 3. The Labute approximate surface area is 111 Å². The summed E-state index contributed by atoms with van der Waals surface area (Å²) in [4.78, 5) is 14.6. The van der Waals surface area contributed by atoms with Gasteiger partial charge in [0.2, 0.25) is 0 Å². The van der Waals surface area contributed by atoms with Gasteiger partial charge in [-0.3, -0.25) is 10.1 Å². The Hall–Kier alpha value is -2.21. The molecule has 1 aromatic heterocycles. The van der Waals surface area contributed by atoms with Crippen molar-refractivity contribution in [2.45, 2.75) is 19.4 Å². The molecule has 100 valence electrons. The molecule has 19 heavy (non-hydrogen) atoms. The van der Waals surface area contributed by atoms with Crippen LogP contribution in [-0.4, -0.2) is 21.0 Å². The highest BCUT2D eigenvalue weighted by atomic mass is 16.6. The van der Waals surface area contributed by atoms with Crippen molar-refractivity contribution in [1.29, 1.82) is 0 Å². The van der Waals surface area contributed by atoms with E-state index < -0.39 is 0 Å². The fourth-order valence-electron chi connectivity index (χ4n) is 1.94. The van der Waals surface area contributed by atoms with Gasteiger partial charge in [0.25, 0.3) is 5.69 Å². The van der Waals surface area contributed by atoms with Crippen molar-refractivity contribution < 1.29 is 4.92 Å². The van der Waals surface area contributed by atoms with Crippen LogP contribution < -0.4 is 5.73 Å². The number of aryl methyl sites for hydroxylation is 1. The number of benzene rings is 1. The van der Waals surface area contributed by atoms with E-state index in [-0.39, 0.29) is 10.6 Å². The van der Waals surface area contributed by atoms with E-state index in [9.17, 15) is 10.1 Å². The van der Waals surface area contributed by atoms with E-state index in [1.54, 1.807) is 18.3 Å². The molecule has 0 saturated heterocycles. The second kappa shape index (κ2) is 6.10. The topological polar surface area (TPSA) is 87.0 Å². The van der Waals surface area contributed by atoms with Crippen molar-refractivity contribution in [2.24, 2.45) is 5.73 Å². The number of hydrogen-bond donors (Lipinski definition) is 1. The van der Waals surface area contributed by atoms with E-state index in [4.69, 9.17) is 5.73 Å². The highest BCUT2D eigenvalue weighted by Crippen LogP contribution is 2.16. The standard InChI is InChI=1S/C13H16N4O2/c14-5-2-7-16-8-6-15-13(16)10-11-3-1-4-12(9-11)17(18)19/h1,3-4,6,8-9H,2,5,7,10,14H2. The van der Waals surface area contributed by atoms with Gasteiger partial charge in [0.05, 0.1) is 4.92 Å². The molecule has 0 spiro atoms. The minimum Gasteiger partial charge on any atom is -0.335 e. The number of rotatable bonds is 6. The summed E-state index contributed by atoms with van der Waals surface area (Å²) in [5.41, 5.74) is 6.48. The number of hydrogen-bond acceptors (Lipinski definition) is 4. The van der Waals surface area contributed by atoms with Gasteiger partial charge < -0.3 is 10.3 Å². The third kappa shape index (κ3) is 3.38. The minimum absolute atomic E-state index is 0.109. The first-order chi connectivity index (χ1) is 9.20. The molecule has 0 radical (unpaired) electrons. The molecule has 0 bridgehead atoms. The quantitative estimate of drug-likeness (QED) is 0.633. The van der Waals surface area contributed by atoms with E-state index in [0.717, 1.165) is 24.4 Å². The van der Waals surface area contributed by atoms with Crippen molar-refractivity contribution in [3.8, 4) is 0 Å². The van der Waals surface area contributed by atoms with Crippen LogP contribution in [0, 0.1) is 10.1 Å². The summed E-state index contributed by atoms with van der Waals surface area (Å²) < 4.78 is 2.03. The van der Waals surface area contributed by atoms with Gasteiger partial charge in [0.1, 0.15) is 5.82 Å². The third-order valence-corrected chi connectivity index (χ3v) is 2.89. The van der Waals surface area contributed by atoms with Crippen LogP contribution in [0.5, 0.6) is 0 Å². The van der Waals surface area contributed by atoms with Crippen LogP contribution in [0.4, 0.5) is 5.69 Å². The fourth-order valence-corrected chi connectivity index (χ4v) is 1.94. The van der Waals surface area contributed by atoms with Crippen molar-refractivity contribution in [2.75, 3.05) is 6.54 Å². The molecule has 2 rings (SSSR count). The molecule has 6 nitrogen and oxygen atoms in total. The maximum absolute atomic E-state index is 10.7. The first kappa shape index (κ1) is 13.2. The highest BCUT2D eigenvalue weighted by Gasteiger charge is 2.08. The molecule has 2 aromatic rings. The zero-order chi connectivity index (χ0) is 13.7. The zero-order valence-corrected chi connectivity index (χ0v) is 10.5. The summed E-state index contributed by atoms with van der Waals surface area (Å²) in [6.07, 6.45) is 5.11. The van der Waals surface area contributed by atoms with Gasteiger partial charge in [0.15, 0.2) is 0 Å². The average molecular weight is 260 g/mol. The van der Waals surface area contributed by atoms with Crippen molar-refractivity contribution in [3.05, 3.63) is 58.2 Å². The van der Waals surface area contributed by atoms with Crippen molar-refractivity contribution in [3.63, 3.8) is 0 Å². The SMILES string of the molecule is NCCCn1ccnc1Cc1cccc([N+](=O)[O-])c1. The van der Waals surface area contributed by atoms with Crippen LogP contribution in [0.1, 0.15) is 17.8 Å². The highest BCUT2D eigenvalue weighted by molar-refractivity contribution is 5.35. The fraction of sp³-hybridized carbons (Fsp3) is 0.308. The molecule has 1 aromatic carbocycles. The third-order valence-electron chi connectivity index (χ3n) is 2.89. The van der Waals surface area contributed by atoms with Crippen LogP contribution >= 0.6 is 0 Å². The van der Waals surface area contributed by atoms with Crippen molar-refractivity contribution >= 4 is 5.69 Å². The number of nitro benzene ring substituents is 1. The Kier molecular flexibility index (Phi) is 4.25. The maximum atomic E-state index is 10.7. The number of non-ortho nitro benzene ring substituents is 1.